The Morgan fingerprint density at radius 3 is 2.75 bits per heavy atom. The molecule has 0 spiro atoms. The third-order valence-electron chi connectivity index (χ3n) is 3.74. The summed E-state index contributed by atoms with van der Waals surface area (Å²) in [5.41, 5.74) is 6.50. The molecule has 1 aromatic rings. The van der Waals surface area contributed by atoms with Crippen LogP contribution in [-0.4, -0.2) is 37.6 Å². The second-order valence-corrected chi connectivity index (χ2v) is 6.20. The second-order valence-electron chi connectivity index (χ2n) is 5.34. The number of rotatable bonds is 3. The summed E-state index contributed by atoms with van der Waals surface area (Å²) >= 11 is 3.40. The molecule has 0 radical (unpaired) electrons. The number of benzene rings is 1. The van der Waals surface area contributed by atoms with E-state index < -0.39 is 0 Å². The van der Waals surface area contributed by atoms with Crippen LogP contribution in [0.3, 0.4) is 0 Å². The van der Waals surface area contributed by atoms with E-state index in [0.717, 1.165) is 29.7 Å². The van der Waals surface area contributed by atoms with Crippen molar-refractivity contribution in [2.24, 2.45) is 11.1 Å². The molecule has 1 amide bonds. The first-order chi connectivity index (χ1) is 8.99. The van der Waals surface area contributed by atoms with E-state index in [4.69, 9.17) is 10.5 Å². The number of nitrogens with two attached hydrogens (primary N) is 1. The highest BCUT2D eigenvalue weighted by atomic mass is 79.9. The molecule has 1 heterocycles. The van der Waals surface area contributed by atoms with Gasteiger partial charge in [-0.15, -0.1) is 12.4 Å². The van der Waals surface area contributed by atoms with E-state index in [1.165, 1.54) is 0 Å². The number of amides is 1. The molecule has 1 aliphatic heterocycles. The topological polar surface area (TPSA) is 55.6 Å². The summed E-state index contributed by atoms with van der Waals surface area (Å²) in [6, 6.07) is 5.40. The summed E-state index contributed by atoms with van der Waals surface area (Å²) in [6.07, 6.45) is 0.965. The summed E-state index contributed by atoms with van der Waals surface area (Å²) in [5, 5.41) is 0. The van der Waals surface area contributed by atoms with Gasteiger partial charge in [-0.25, -0.2) is 0 Å². The minimum absolute atomic E-state index is 0. The Morgan fingerprint density at radius 2 is 2.25 bits per heavy atom. The fraction of sp³-hybridized carbons (Fsp3) is 0.500. The number of ether oxygens (including phenoxy) is 1. The van der Waals surface area contributed by atoms with E-state index in [1.807, 2.05) is 4.90 Å². The lowest BCUT2D eigenvalue weighted by Crippen LogP contribution is -2.34. The van der Waals surface area contributed by atoms with Crippen molar-refractivity contribution in [2.75, 3.05) is 26.7 Å². The van der Waals surface area contributed by atoms with Crippen LogP contribution in [-0.2, 0) is 0 Å². The van der Waals surface area contributed by atoms with Gasteiger partial charge in [-0.2, -0.15) is 0 Å². The number of nitrogens with zero attached hydrogens (tertiary/aromatic N) is 1. The van der Waals surface area contributed by atoms with Gasteiger partial charge in [0.25, 0.3) is 5.91 Å². The highest BCUT2D eigenvalue weighted by Crippen LogP contribution is 2.31. The number of methoxy groups -OCH3 is 1. The number of carbonyl (C=O) groups excluding carboxylic acids is 1. The van der Waals surface area contributed by atoms with Gasteiger partial charge in [-0.05, 0) is 52.5 Å². The Morgan fingerprint density at radius 1 is 1.55 bits per heavy atom. The number of likely N-dealkylation sites (tertiary alicyclic amines) is 1. The van der Waals surface area contributed by atoms with Gasteiger partial charge in [0.1, 0.15) is 5.75 Å². The lowest BCUT2D eigenvalue weighted by atomic mass is 9.90. The Labute approximate surface area is 134 Å². The SMILES string of the molecule is COc1ccc(C(=O)N2CCC(C)(CN)C2)cc1Br.Cl. The van der Waals surface area contributed by atoms with E-state index in [1.54, 1.807) is 25.3 Å². The molecule has 6 heteroatoms. The maximum absolute atomic E-state index is 12.4. The Balaban J connectivity index is 0.00000200. The molecule has 20 heavy (non-hydrogen) atoms. The van der Waals surface area contributed by atoms with Crippen LogP contribution in [0.25, 0.3) is 0 Å². The minimum atomic E-state index is 0. The number of halogens is 2. The normalized spacial score (nSPS) is 21.5. The predicted molar refractivity (Wildman–Crippen MR) is 85.6 cm³/mol. The number of hydrogen-bond donors (Lipinski definition) is 1. The van der Waals surface area contributed by atoms with Gasteiger partial charge in [0.2, 0.25) is 0 Å². The van der Waals surface area contributed by atoms with Crippen molar-refractivity contribution in [3.05, 3.63) is 28.2 Å². The van der Waals surface area contributed by atoms with E-state index in [-0.39, 0.29) is 23.7 Å². The predicted octanol–water partition coefficient (Wildman–Crippen LogP) is 2.69. The van der Waals surface area contributed by atoms with Crippen molar-refractivity contribution in [1.29, 1.82) is 0 Å². The largest absolute Gasteiger partial charge is 0.496 e. The molecule has 2 rings (SSSR count). The molecule has 0 bridgehead atoms. The molecule has 112 valence electrons. The minimum Gasteiger partial charge on any atom is -0.496 e. The summed E-state index contributed by atoms with van der Waals surface area (Å²) in [4.78, 5) is 14.3. The van der Waals surface area contributed by atoms with Crippen LogP contribution >= 0.6 is 28.3 Å². The summed E-state index contributed by atoms with van der Waals surface area (Å²) in [6.45, 7) is 4.25. The molecular formula is C14H20BrClN2O2. The average Bonchev–Trinajstić information content (AvgIpc) is 2.81. The summed E-state index contributed by atoms with van der Waals surface area (Å²) in [7, 11) is 1.61. The Kier molecular flexibility index (Phi) is 5.86. The van der Waals surface area contributed by atoms with Crippen LogP contribution in [0, 0.1) is 5.41 Å². The van der Waals surface area contributed by atoms with Gasteiger partial charge < -0.3 is 15.4 Å². The van der Waals surface area contributed by atoms with Gasteiger partial charge in [-0.3, -0.25) is 4.79 Å². The van der Waals surface area contributed by atoms with Crippen molar-refractivity contribution in [3.63, 3.8) is 0 Å². The van der Waals surface area contributed by atoms with Gasteiger partial charge in [0.05, 0.1) is 11.6 Å². The maximum Gasteiger partial charge on any atom is 0.253 e. The zero-order valence-corrected chi connectivity index (χ0v) is 14.1. The third kappa shape index (κ3) is 3.45. The number of hydrogen-bond acceptors (Lipinski definition) is 3. The molecule has 1 aliphatic rings. The Hall–Kier alpha value is -0.780. The van der Waals surface area contributed by atoms with E-state index in [2.05, 4.69) is 22.9 Å². The monoisotopic (exact) mass is 362 g/mol. The summed E-state index contributed by atoms with van der Waals surface area (Å²) < 4.78 is 5.96. The zero-order valence-electron chi connectivity index (χ0n) is 11.7. The quantitative estimate of drug-likeness (QED) is 0.898. The molecule has 1 saturated heterocycles. The standard InChI is InChI=1S/C14H19BrN2O2.ClH/c1-14(8-16)5-6-17(9-14)13(18)10-3-4-12(19-2)11(15)7-10;/h3-4,7H,5-6,8-9,16H2,1-2H3;1H. The van der Waals surface area contributed by atoms with Gasteiger partial charge in [0, 0.05) is 18.7 Å². The molecule has 0 saturated carbocycles. The smallest absolute Gasteiger partial charge is 0.253 e. The first-order valence-corrected chi connectivity index (χ1v) is 7.11. The summed E-state index contributed by atoms with van der Waals surface area (Å²) in [5.74, 6) is 0.783. The van der Waals surface area contributed by atoms with Crippen molar-refractivity contribution >= 4 is 34.2 Å². The third-order valence-corrected chi connectivity index (χ3v) is 4.36. The first-order valence-electron chi connectivity index (χ1n) is 6.32. The molecule has 0 aliphatic carbocycles. The van der Waals surface area contributed by atoms with E-state index >= 15 is 0 Å². The van der Waals surface area contributed by atoms with Crippen LogP contribution in [0.5, 0.6) is 5.75 Å². The highest BCUT2D eigenvalue weighted by molar-refractivity contribution is 9.10. The molecular weight excluding hydrogens is 344 g/mol. The van der Waals surface area contributed by atoms with E-state index in [0.29, 0.717) is 12.1 Å². The Bertz CT molecular complexity index is 498. The zero-order chi connectivity index (χ0) is 14.0. The van der Waals surface area contributed by atoms with Gasteiger partial charge in [0.15, 0.2) is 0 Å². The van der Waals surface area contributed by atoms with Crippen LogP contribution in [0.2, 0.25) is 0 Å². The maximum atomic E-state index is 12.4. The fourth-order valence-electron chi connectivity index (χ4n) is 2.35. The molecule has 1 atom stereocenters. The van der Waals surface area contributed by atoms with Crippen molar-refractivity contribution in [2.45, 2.75) is 13.3 Å². The molecule has 1 unspecified atom stereocenters. The van der Waals surface area contributed by atoms with Crippen LogP contribution in [0.4, 0.5) is 0 Å². The molecule has 4 nitrogen and oxygen atoms in total. The molecule has 1 aromatic carbocycles. The average molecular weight is 364 g/mol. The van der Waals surface area contributed by atoms with Crippen molar-refractivity contribution in [1.82, 2.24) is 4.90 Å². The van der Waals surface area contributed by atoms with Crippen molar-refractivity contribution in [3.8, 4) is 5.75 Å². The fourth-order valence-corrected chi connectivity index (χ4v) is 2.89. The highest BCUT2D eigenvalue weighted by Gasteiger charge is 2.35. The van der Waals surface area contributed by atoms with Gasteiger partial charge in [-0.1, -0.05) is 6.92 Å². The molecule has 2 N–H and O–H groups in total. The van der Waals surface area contributed by atoms with Crippen LogP contribution in [0.1, 0.15) is 23.7 Å². The van der Waals surface area contributed by atoms with Crippen LogP contribution in [0.15, 0.2) is 22.7 Å². The van der Waals surface area contributed by atoms with Gasteiger partial charge >= 0.3 is 0 Å². The molecule has 1 fully saturated rings. The van der Waals surface area contributed by atoms with Crippen LogP contribution < -0.4 is 10.5 Å². The van der Waals surface area contributed by atoms with E-state index in [9.17, 15) is 4.79 Å². The first kappa shape index (κ1) is 17.3. The second kappa shape index (κ2) is 6.78. The lowest BCUT2D eigenvalue weighted by molar-refractivity contribution is 0.0777. The molecule has 0 aromatic heterocycles. The lowest BCUT2D eigenvalue weighted by Gasteiger charge is -2.22. The van der Waals surface area contributed by atoms with Crippen molar-refractivity contribution < 1.29 is 9.53 Å². The number of carbonyl (C=O) groups is 1.